The number of carbonyl (C=O) groups is 1. The van der Waals surface area contributed by atoms with Crippen molar-refractivity contribution in [2.75, 3.05) is 31.2 Å². The first kappa shape index (κ1) is 19.0. The molecule has 0 spiro atoms. The molecule has 3 rings (SSSR count). The molecule has 144 valence electrons. The number of nitrogen functional groups attached to an aromatic ring is 1. The molecule has 2 amide bonds. The van der Waals surface area contributed by atoms with Crippen LogP contribution in [0.15, 0.2) is 30.6 Å². The molecule has 1 unspecified atom stereocenters. The van der Waals surface area contributed by atoms with Crippen molar-refractivity contribution in [3.05, 3.63) is 42.2 Å². The fourth-order valence-electron chi connectivity index (χ4n) is 3.20. The minimum atomic E-state index is -0.433. The van der Waals surface area contributed by atoms with E-state index in [2.05, 4.69) is 25.2 Å². The second-order valence-corrected chi connectivity index (χ2v) is 6.68. The smallest absolute Gasteiger partial charge is 0.323 e. The highest BCUT2D eigenvalue weighted by Crippen LogP contribution is 2.18. The highest BCUT2D eigenvalue weighted by molar-refractivity contribution is 5.88. The minimum absolute atomic E-state index is 0.212. The van der Waals surface area contributed by atoms with Crippen LogP contribution in [0.25, 0.3) is 0 Å². The molecule has 0 radical (unpaired) electrons. The van der Waals surface area contributed by atoms with Crippen molar-refractivity contribution in [3.63, 3.8) is 0 Å². The highest BCUT2D eigenvalue weighted by Gasteiger charge is 2.23. The third kappa shape index (κ3) is 5.33. The average Bonchev–Trinajstić information content (AvgIpc) is 2.90. The highest BCUT2D eigenvalue weighted by atomic mass is 19.1. The summed E-state index contributed by atoms with van der Waals surface area (Å²) in [5, 5.41) is 2.72. The summed E-state index contributed by atoms with van der Waals surface area (Å²) in [6, 6.07) is 4.51. The van der Waals surface area contributed by atoms with E-state index >= 15 is 0 Å². The van der Waals surface area contributed by atoms with Gasteiger partial charge in [-0.3, -0.25) is 10.2 Å². The van der Waals surface area contributed by atoms with Crippen molar-refractivity contribution >= 4 is 17.7 Å². The molecule has 0 aliphatic carbocycles. The van der Waals surface area contributed by atoms with Gasteiger partial charge in [0.2, 0.25) is 0 Å². The summed E-state index contributed by atoms with van der Waals surface area (Å²) in [6.45, 7) is 1.92. The van der Waals surface area contributed by atoms with Gasteiger partial charge in [-0.2, -0.15) is 0 Å². The SMILES string of the molecule is CN(Cc1nccc(N)n1)C1CCCN(C(=O)Nc2ccc(F)cn2)CC1. The van der Waals surface area contributed by atoms with E-state index in [1.165, 1.54) is 12.1 Å². The summed E-state index contributed by atoms with van der Waals surface area (Å²) in [4.78, 5) is 28.8. The van der Waals surface area contributed by atoms with Crippen molar-refractivity contribution in [2.24, 2.45) is 0 Å². The molecule has 1 aliphatic heterocycles. The summed E-state index contributed by atoms with van der Waals surface area (Å²) in [7, 11) is 2.04. The van der Waals surface area contributed by atoms with Crippen LogP contribution in [0.4, 0.5) is 20.8 Å². The lowest BCUT2D eigenvalue weighted by atomic mass is 10.1. The molecule has 1 atom stereocenters. The van der Waals surface area contributed by atoms with Crippen LogP contribution in [0, 0.1) is 5.82 Å². The number of hydrogen-bond acceptors (Lipinski definition) is 6. The maximum absolute atomic E-state index is 12.9. The van der Waals surface area contributed by atoms with Gasteiger partial charge in [0.25, 0.3) is 0 Å². The Morgan fingerprint density at radius 2 is 2.19 bits per heavy atom. The Hall–Kier alpha value is -2.81. The maximum Gasteiger partial charge on any atom is 0.323 e. The van der Waals surface area contributed by atoms with E-state index in [9.17, 15) is 9.18 Å². The molecule has 0 saturated carbocycles. The summed E-state index contributed by atoms with van der Waals surface area (Å²) in [5.41, 5.74) is 5.71. The van der Waals surface area contributed by atoms with Crippen LogP contribution in [0.2, 0.25) is 0 Å². The summed E-state index contributed by atoms with van der Waals surface area (Å²) < 4.78 is 12.9. The second kappa shape index (κ2) is 8.72. The van der Waals surface area contributed by atoms with E-state index in [0.29, 0.717) is 43.1 Å². The van der Waals surface area contributed by atoms with Crippen LogP contribution in [0.5, 0.6) is 0 Å². The molecule has 0 aromatic carbocycles. The standard InChI is InChI=1S/C18H24FN7O/c1-25(12-17-21-8-6-15(20)23-17)14-3-2-9-26(10-7-14)18(27)24-16-5-4-13(19)11-22-16/h4-6,8,11,14H,2-3,7,9-10,12H2,1H3,(H2,20,21,23)(H,22,24,27). The Kier molecular flexibility index (Phi) is 6.12. The molecule has 0 bridgehead atoms. The zero-order valence-electron chi connectivity index (χ0n) is 15.3. The van der Waals surface area contributed by atoms with E-state index in [1.54, 1.807) is 17.2 Å². The molecule has 3 N–H and O–H groups in total. The first-order valence-electron chi connectivity index (χ1n) is 8.96. The lowest BCUT2D eigenvalue weighted by Gasteiger charge is -2.26. The molecular formula is C18H24FN7O. The van der Waals surface area contributed by atoms with Gasteiger partial charge in [-0.1, -0.05) is 0 Å². The van der Waals surface area contributed by atoms with Gasteiger partial charge in [-0.05, 0) is 44.5 Å². The normalized spacial score (nSPS) is 17.6. The fraction of sp³-hybridized carbons (Fsp3) is 0.444. The second-order valence-electron chi connectivity index (χ2n) is 6.68. The van der Waals surface area contributed by atoms with Crippen LogP contribution in [0.3, 0.4) is 0 Å². The Labute approximate surface area is 157 Å². The number of nitrogens with two attached hydrogens (primary N) is 1. The van der Waals surface area contributed by atoms with Crippen molar-refractivity contribution in [1.29, 1.82) is 0 Å². The van der Waals surface area contributed by atoms with Crippen molar-refractivity contribution in [1.82, 2.24) is 24.8 Å². The molecule has 2 aromatic heterocycles. The monoisotopic (exact) mass is 373 g/mol. The summed E-state index contributed by atoms with van der Waals surface area (Å²) in [5.74, 6) is 1.07. The Balaban J connectivity index is 1.53. The minimum Gasteiger partial charge on any atom is -0.384 e. The van der Waals surface area contributed by atoms with Crippen LogP contribution >= 0.6 is 0 Å². The lowest BCUT2D eigenvalue weighted by Crippen LogP contribution is -2.37. The largest absolute Gasteiger partial charge is 0.384 e. The third-order valence-corrected chi connectivity index (χ3v) is 4.69. The zero-order chi connectivity index (χ0) is 19.2. The van der Waals surface area contributed by atoms with Crippen LogP contribution in [0.1, 0.15) is 25.1 Å². The quantitative estimate of drug-likeness (QED) is 0.851. The van der Waals surface area contributed by atoms with Crippen molar-refractivity contribution in [3.8, 4) is 0 Å². The van der Waals surface area contributed by atoms with E-state index in [0.717, 1.165) is 25.5 Å². The van der Waals surface area contributed by atoms with Gasteiger partial charge < -0.3 is 10.6 Å². The number of nitrogens with zero attached hydrogens (tertiary/aromatic N) is 5. The van der Waals surface area contributed by atoms with E-state index < -0.39 is 5.82 Å². The molecule has 8 nitrogen and oxygen atoms in total. The first-order chi connectivity index (χ1) is 13.0. The molecule has 3 heterocycles. The topological polar surface area (TPSA) is 100 Å². The molecule has 27 heavy (non-hydrogen) atoms. The van der Waals surface area contributed by atoms with Gasteiger partial charge in [0.1, 0.15) is 23.3 Å². The van der Waals surface area contributed by atoms with Gasteiger partial charge in [0, 0.05) is 25.3 Å². The third-order valence-electron chi connectivity index (χ3n) is 4.69. The molecule has 2 aromatic rings. The predicted molar refractivity (Wildman–Crippen MR) is 100 cm³/mol. The van der Waals surface area contributed by atoms with Gasteiger partial charge in [0.15, 0.2) is 0 Å². The number of halogens is 1. The predicted octanol–water partition coefficient (Wildman–Crippen LogP) is 2.11. The summed E-state index contributed by atoms with van der Waals surface area (Å²) >= 11 is 0. The zero-order valence-corrected chi connectivity index (χ0v) is 15.3. The Morgan fingerprint density at radius 1 is 1.33 bits per heavy atom. The Bertz CT molecular complexity index is 771. The van der Waals surface area contributed by atoms with E-state index in [4.69, 9.17) is 5.73 Å². The maximum atomic E-state index is 12.9. The number of nitrogens with one attached hydrogen (secondary N) is 1. The number of amides is 2. The van der Waals surface area contributed by atoms with E-state index in [1.807, 2.05) is 7.05 Å². The Morgan fingerprint density at radius 3 is 2.93 bits per heavy atom. The lowest BCUT2D eigenvalue weighted by molar-refractivity contribution is 0.199. The molecule has 1 saturated heterocycles. The van der Waals surface area contributed by atoms with Crippen LogP contribution in [-0.4, -0.2) is 57.0 Å². The van der Waals surface area contributed by atoms with Gasteiger partial charge in [0.05, 0.1) is 12.7 Å². The summed E-state index contributed by atoms with van der Waals surface area (Å²) in [6.07, 6.45) is 5.48. The van der Waals surface area contributed by atoms with Crippen LogP contribution < -0.4 is 11.1 Å². The van der Waals surface area contributed by atoms with Crippen molar-refractivity contribution < 1.29 is 9.18 Å². The average molecular weight is 373 g/mol. The number of pyridine rings is 1. The molecule has 1 fully saturated rings. The van der Waals surface area contributed by atoms with Gasteiger partial charge in [-0.15, -0.1) is 0 Å². The van der Waals surface area contributed by atoms with Gasteiger partial charge in [-0.25, -0.2) is 24.1 Å². The number of likely N-dealkylation sites (tertiary alicyclic amines) is 1. The van der Waals surface area contributed by atoms with Crippen LogP contribution in [-0.2, 0) is 6.54 Å². The van der Waals surface area contributed by atoms with Gasteiger partial charge >= 0.3 is 6.03 Å². The van der Waals surface area contributed by atoms with Crippen molar-refractivity contribution in [2.45, 2.75) is 31.8 Å². The molecule has 9 heteroatoms. The van der Waals surface area contributed by atoms with E-state index in [-0.39, 0.29) is 6.03 Å². The number of anilines is 2. The fourth-order valence-corrected chi connectivity index (χ4v) is 3.20. The number of urea groups is 1. The molecule has 1 aliphatic rings. The molecular weight excluding hydrogens is 349 g/mol. The number of rotatable bonds is 4. The number of carbonyl (C=O) groups excluding carboxylic acids is 1. The first-order valence-corrected chi connectivity index (χ1v) is 8.96. The number of aromatic nitrogens is 3. The number of hydrogen-bond donors (Lipinski definition) is 2.